The average Bonchev–Trinajstić information content (AvgIpc) is 2.63. The molecule has 1 aliphatic heterocycles. The molecule has 2 N–H and O–H groups in total. The Balaban J connectivity index is 1.87. The van der Waals surface area contributed by atoms with E-state index < -0.39 is 12.6 Å². The maximum Gasteiger partial charge on any atom is 0.306 e. The van der Waals surface area contributed by atoms with Crippen molar-refractivity contribution in [3.8, 4) is 11.5 Å². The number of carbonyl (C=O) groups is 1. The van der Waals surface area contributed by atoms with Gasteiger partial charge in [0.05, 0.1) is 13.0 Å². The smallest absolute Gasteiger partial charge is 0.306 e. The molecular weight excluding hydrogens is 340 g/mol. The van der Waals surface area contributed by atoms with Gasteiger partial charge in [-0.15, -0.1) is 0 Å². The van der Waals surface area contributed by atoms with E-state index in [1.165, 1.54) is 12.1 Å². The Morgan fingerprint density at radius 1 is 1.27 bits per heavy atom. The van der Waals surface area contributed by atoms with Crippen molar-refractivity contribution in [2.75, 3.05) is 20.8 Å². The Bertz CT molecular complexity index is 641. The summed E-state index contributed by atoms with van der Waals surface area (Å²) in [5.74, 6) is -0.757. The fourth-order valence-corrected chi connectivity index (χ4v) is 3.02. The Morgan fingerprint density at radius 2 is 2.04 bits per heavy atom. The normalized spacial score (nSPS) is 24.6. The molecule has 0 aliphatic carbocycles. The number of methoxy groups -OCH3 is 2. The highest BCUT2D eigenvalue weighted by molar-refractivity contribution is 5.70. The summed E-state index contributed by atoms with van der Waals surface area (Å²) in [6, 6.07) is 4.53. The zero-order chi connectivity index (χ0) is 19.1. The molecule has 0 bridgehead atoms. The van der Waals surface area contributed by atoms with Crippen LogP contribution < -0.4 is 0 Å². The van der Waals surface area contributed by atoms with E-state index in [9.17, 15) is 15.0 Å². The molecule has 1 aliphatic rings. The summed E-state index contributed by atoms with van der Waals surface area (Å²) in [7, 11) is 3.11. The van der Waals surface area contributed by atoms with Gasteiger partial charge >= 0.3 is 5.97 Å². The lowest BCUT2D eigenvalue weighted by atomic mass is 9.89. The van der Waals surface area contributed by atoms with E-state index in [-0.39, 0.29) is 36.4 Å². The predicted molar refractivity (Wildman–Crippen MR) is 93.6 cm³/mol. The van der Waals surface area contributed by atoms with Crippen molar-refractivity contribution in [2.24, 2.45) is 5.92 Å². The van der Waals surface area contributed by atoms with Crippen molar-refractivity contribution in [3.63, 3.8) is 0 Å². The number of allylic oxidation sites excluding steroid dienone is 1. The zero-order valence-corrected chi connectivity index (χ0v) is 15.3. The first-order valence-electron chi connectivity index (χ1n) is 8.52. The lowest BCUT2D eigenvalue weighted by Gasteiger charge is -2.35. The number of hydrogen-bond acceptors (Lipinski definition) is 7. The van der Waals surface area contributed by atoms with E-state index in [1.54, 1.807) is 20.3 Å². The van der Waals surface area contributed by atoms with Crippen molar-refractivity contribution in [2.45, 2.75) is 38.8 Å². The third kappa shape index (κ3) is 5.20. The third-order valence-electron chi connectivity index (χ3n) is 4.41. The number of ether oxygens (including phenoxy) is 4. The number of rotatable bonds is 7. The van der Waals surface area contributed by atoms with Crippen LogP contribution in [0.25, 0.3) is 0 Å². The monoisotopic (exact) mass is 366 g/mol. The topological polar surface area (TPSA) is 94.5 Å². The summed E-state index contributed by atoms with van der Waals surface area (Å²) in [5, 5.41) is 18.8. The molecule has 0 spiro atoms. The van der Waals surface area contributed by atoms with Gasteiger partial charge in [-0.3, -0.25) is 4.79 Å². The van der Waals surface area contributed by atoms with Crippen molar-refractivity contribution < 1.29 is 34.0 Å². The highest BCUT2D eigenvalue weighted by Crippen LogP contribution is 2.33. The first-order valence-corrected chi connectivity index (χ1v) is 8.52. The lowest BCUT2D eigenvalue weighted by molar-refractivity contribution is -0.239. The van der Waals surface area contributed by atoms with Crippen LogP contribution in [-0.2, 0) is 30.2 Å². The highest BCUT2D eigenvalue weighted by atomic mass is 16.8. The molecule has 2 rings (SSSR count). The van der Waals surface area contributed by atoms with Gasteiger partial charge in [-0.1, -0.05) is 12.1 Å². The number of benzene rings is 1. The molecule has 1 saturated heterocycles. The minimum absolute atomic E-state index is 0.0751. The maximum absolute atomic E-state index is 12.2. The first-order chi connectivity index (χ1) is 12.5. The molecular formula is C19H26O7. The molecule has 3 atom stereocenters. The van der Waals surface area contributed by atoms with Crippen molar-refractivity contribution in [1.82, 2.24) is 0 Å². The largest absolute Gasteiger partial charge is 0.504 e. The number of hydrogen-bond donors (Lipinski definition) is 2. The fourth-order valence-electron chi connectivity index (χ4n) is 3.02. The number of phenols is 2. The Labute approximate surface area is 153 Å². The van der Waals surface area contributed by atoms with Gasteiger partial charge in [-0.2, -0.15) is 0 Å². The van der Waals surface area contributed by atoms with Gasteiger partial charge < -0.3 is 29.2 Å². The second-order valence-electron chi connectivity index (χ2n) is 6.09. The summed E-state index contributed by atoms with van der Waals surface area (Å²) in [5.41, 5.74) is 1.67. The molecule has 144 valence electrons. The molecule has 26 heavy (non-hydrogen) atoms. The fraction of sp³-hybridized carbons (Fsp3) is 0.526. The van der Waals surface area contributed by atoms with Crippen LogP contribution in [0, 0.1) is 5.92 Å². The molecule has 0 amide bonds. The van der Waals surface area contributed by atoms with Gasteiger partial charge in [0.25, 0.3) is 0 Å². The molecule has 0 radical (unpaired) electrons. The molecule has 3 unspecified atom stereocenters. The van der Waals surface area contributed by atoms with Gasteiger partial charge in [0.15, 0.2) is 24.1 Å². The number of aromatic hydroxyl groups is 2. The Hall–Kier alpha value is -2.09. The van der Waals surface area contributed by atoms with Crippen LogP contribution >= 0.6 is 0 Å². The number of carbonyl (C=O) groups excluding carboxylic acids is 1. The van der Waals surface area contributed by atoms with Crippen LogP contribution in [0.4, 0.5) is 0 Å². The summed E-state index contributed by atoms with van der Waals surface area (Å²) < 4.78 is 21.6. The van der Waals surface area contributed by atoms with Gasteiger partial charge in [-0.25, -0.2) is 0 Å². The van der Waals surface area contributed by atoms with Crippen molar-refractivity contribution in [3.05, 3.63) is 35.4 Å². The SMILES string of the molecule is C/C=C1/C(CC(=O)OCCc2ccc(O)c(O)c2)CC(OC)OC1OC. The molecule has 1 heterocycles. The standard InChI is InChI=1S/C19H26O7/c1-4-14-13(11-18(23-2)26-19(14)24-3)10-17(22)25-8-7-12-5-6-15(20)16(21)9-12/h4-6,9,13,18-21H,7-8,10-11H2,1-3H3/b14-4-. The van der Waals surface area contributed by atoms with Crippen LogP contribution in [0.3, 0.4) is 0 Å². The summed E-state index contributed by atoms with van der Waals surface area (Å²) in [4.78, 5) is 12.2. The van der Waals surface area contributed by atoms with Crippen molar-refractivity contribution >= 4 is 5.97 Å². The number of phenolic OH excluding ortho intramolecular Hbond substituents is 2. The molecule has 0 saturated carbocycles. The highest BCUT2D eigenvalue weighted by Gasteiger charge is 2.35. The summed E-state index contributed by atoms with van der Waals surface area (Å²) in [6.07, 6.45) is 2.15. The van der Waals surface area contributed by atoms with Gasteiger partial charge in [-0.05, 0) is 36.1 Å². The van der Waals surface area contributed by atoms with E-state index in [1.807, 2.05) is 13.0 Å². The lowest BCUT2D eigenvalue weighted by Crippen LogP contribution is -2.38. The molecule has 1 aromatic carbocycles. The van der Waals surface area contributed by atoms with E-state index in [0.29, 0.717) is 12.8 Å². The zero-order valence-electron chi connectivity index (χ0n) is 15.3. The van der Waals surface area contributed by atoms with Crippen LogP contribution in [0.15, 0.2) is 29.8 Å². The van der Waals surface area contributed by atoms with Gasteiger partial charge in [0.2, 0.25) is 0 Å². The molecule has 7 heteroatoms. The Morgan fingerprint density at radius 3 is 2.65 bits per heavy atom. The second kappa shape index (κ2) is 9.56. The van der Waals surface area contributed by atoms with E-state index in [0.717, 1.165) is 11.1 Å². The summed E-state index contributed by atoms with van der Waals surface area (Å²) in [6.45, 7) is 2.08. The molecule has 1 fully saturated rings. The van der Waals surface area contributed by atoms with Crippen LogP contribution in [0.1, 0.15) is 25.3 Å². The molecule has 0 aromatic heterocycles. The maximum atomic E-state index is 12.2. The summed E-state index contributed by atoms with van der Waals surface area (Å²) >= 11 is 0. The average molecular weight is 366 g/mol. The minimum atomic E-state index is -0.531. The van der Waals surface area contributed by atoms with E-state index in [4.69, 9.17) is 18.9 Å². The van der Waals surface area contributed by atoms with Crippen LogP contribution in [0.5, 0.6) is 11.5 Å². The van der Waals surface area contributed by atoms with Crippen LogP contribution in [-0.4, -0.2) is 49.6 Å². The molecule has 7 nitrogen and oxygen atoms in total. The van der Waals surface area contributed by atoms with E-state index in [2.05, 4.69) is 0 Å². The third-order valence-corrected chi connectivity index (χ3v) is 4.41. The Kier molecular flexibility index (Phi) is 7.44. The first kappa shape index (κ1) is 20.2. The minimum Gasteiger partial charge on any atom is -0.504 e. The number of esters is 1. The molecule has 1 aromatic rings. The van der Waals surface area contributed by atoms with Crippen LogP contribution in [0.2, 0.25) is 0 Å². The van der Waals surface area contributed by atoms with Gasteiger partial charge in [0.1, 0.15) is 0 Å². The second-order valence-corrected chi connectivity index (χ2v) is 6.09. The quantitative estimate of drug-likeness (QED) is 0.435. The van der Waals surface area contributed by atoms with E-state index >= 15 is 0 Å². The van der Waals surface area contributed by atoms with Gasteiger partial charge in [0, 0.05) is 27.1 Å². The predicted octanol–water partition coefficient (Wildman–Crippen LogP) is 2.50. The van der Waals surface area contributed by atoms with Crippen molar-refractivity contribution in [1.29, 1.82) is 0 Å².